The molecule has 0 aromatic heterocycles. The molecular weight excluding hydrogens is 653 g/mol. The summed E-state index contributed by atoms with van der Waals surface area (Å²) in [6.07, 6.45) is 4.89. The van der Waals surface area contributed by atoms with E-state index in [9.17, 15) is 18.0 Å². The number of hydrogen-bond acceptors (Lipinski definition) is 7. The number of anilines is 1. The summed E-state index contributed by atoms with van der Waals surface area (Å²) in [6, 6.07) is 14.7. The zero-order valence-electron chi connectivity index (χ0n) is 26.3. The van der Waals surface area contributed by atoms with Crippen LogP contribution in [0, 0.1) is 0 Å². The molecule has 248 valence electrons. The monoisotopic (exact) mass is 691 g/mol. The molecule has 1 N–H and O–H groups in total. The summed E-state index contributed by atoms with van der Waals surface area (Å²) in [7, 11) is -0.240. The molecule has 4 rings (SSSR count). The first-order valence-corrected chi connectivity index (χ1v) is 17.1. The Kier molecular flexibility index (Phi) is 12.0. The fraction of sp³-hybridized carbons (Fsp3) is 0.394. The predicted octanol–water partition coefficient (Wildman–Crippen LogP) is 6.08. The fourth-order valence-electron chi connectivity index (χ4n) is 5.44. The van der Waals surface area contributed by atoms with Crippen LogP contribution >= 0.6 is 23.2 Å². The van der Waals surface area contributed by atoms with Gasteiger partial charge < -0.3 is 24.4 Å². The van der Waals surface area contributed by atoms with Crippen molar-refractivity contribution in [2.75, 3.05) is 32.2 Å². The molecular formula is C33H39Cl2N3O7S. The van der Waals surface area contributed by atoms with E-state index in [-0.39, 0.29) is 45.6 Å². The fourth-order valence-corrected chi connectivity index (χ4v) is 7.23. The number of methoxy groups -OCH3 is 3. The summed E-state index contributed by atoms with van der Waals surface area (Å²) >= 11 is 12.8. The normalized spacial score (nSPS) is 14.2. The predicted molar refractivity (Wildman–Crippen MR) is 179 cm³/mol. The number of sulfonamides is 1. The molecule has 0 bridgehead atoms. The van der Waals surface area contributed by atoms with E-state index in [0.717, 1.165) is 36.4 Å². The van der Waals surface area contributed by atoms with Crippen molar-refractivity contribution in [2.24, 2.45) is 0 Å². The molecule has 0 heterocycles. The van der Waals surface area contributed by atoms with Gasteiger partial charge in [0.2, 0.25) is 11.8 Å². The Labute approximate surface area is 280 Å². The van der Waals surface area contributed by atoms with Crippen molar-refractivity contribution in [1.29, 1.82) is 0 Å². The van der Waals surface area contributed by atoms with Gasteiger partial charge in [0, 0.05) is 28.7 Å². The van der Waals surface area contributed by atoms with Crippen LogP contribution in [0.3, 0.4) is 0 Å². The molecule has 0 aliphatic heterocycles. The van der Waals surface area contributed by atoms with Crippen LogP contribution in [0.15, 0.2) is 65.6 Å². The van der Waals surface area contributed by atoms with Crippen molar-refractivity contribution < 1.29 is 32.2 Å². The number of amides is 2. The molecule has 1 saturated carbocycles. The number of ether oxygens (including phenoxy) is 3. The molecule has 3 aromatic rings. The van der Waals surface area contributed by atoms with Crippen LogP contribution in [0.5, 0.6) is 17.2 Å². The highest BCUT2D eigenvalue weighted by atomic mass is 35.5. The minimum Gasteiger partial charge on any atom is -0.495 e. The molecule has 46 heavy (non-hydrogen) atoms. The van der Waals surface area contributed by atoms with Gasteiger partial charge in [-0.1, -0.05) is 60.7 Å². The van der Waals surface area contributed by atoms with E-state index in [1.165, 1.54) is 56.6 Å². The SMILES string of the molecule is COc1ccc(S(=O)(=O)N(CC(=O)N(Cc2ccccc2Cl)[C@H](C)C(=O)NC2CCCCC2)c2cc(Cl)ccc2OC)cc1OC. The van der Waals surface area contributed by atoms with Crippen LogP contribution in [0.4, 0.5) is 5.69 Å². The maximum absolute atomic E-state index is 14.4. The first-order chi connectivity index (χ1) is 22.0. The average molecular weight is 693 g/mol. The van der Waals surface area contributed by atoms with Crippen molar-refractivity contribution in [3.05, 3.63) is 76.3 Å². The summed E-state index contributed by atoms with van der Waals surface area (Å²) in [5.41, 5.74) is 0.639. The van der Waals surface area contributed by atoms with Crippen LogP contribution in [0.2, 0.25) is 10.0 Å². The van der Waals surface area contributed by atoms with Gasteiger partial charge in [0.15, 0.2) is 11.5 Å². The zero-order chi connectivity index (χ0) is 33.4. The Morgan fingerprint density at radius 1 is 0.891 bits per heavy atom. The third kappa shape index (κ3) is 8.18. The molecule has 1 fully saturated rings. The molecule has 1 aliphatic carbocycles. The van der Waals surface area contributed by atoms with E-state index in [2.05, 4.69) is 5.32 Å². The van der Waals surface area contributed by atoms with E-state index >= 15 is 0 Å². The lowest BCUT2D eigenvalue weighted by atomic mass is 9.95. The second-order valence-corrected chi connectivity index (χ2v) is 13.7. The third-order valence-corrected chi connectivity index (χ3v) is 10.4. The van der Waals surface area contributed by atoms with Crippen molar-refractivity contribution in [2.45, 2.75) is 62.6 Å². The van der Waals surface area contributed by atoms with Gasteiger partial charge in [-0.25, -0.2) is 8.42 Å². The molecule has 1 aliphatic rings. The van der Waals surface area contributed by atoms with Gasteiger partial charge in [0.05, 0.1) is 31.9 Å². The van der Waals surface area contributed by atoms with E-state index in [4.69, 9.17) is 37.4 Å². The van der Waals surface area contributed by atoms with Crippen LogP contribution in [0.1, 0.15) is 44.6 Å². The van der Waals surface area contributed by atoms with Gasteiger partial charge in [0.1, 0.15) is 18.3 Å². The minimum absolute atomic E-state index is 0.0126. The van der Waals surface area contributed by atoms with Crippen LogP contribution in [0.25, 0.3) is 0 Å². The lowest BCUT2D eigenvalue weighted by Gasteiger charge is -2.33. The zero-order valence-corrected chi connectivity index (χ0v) is 28.6. The molecule has 0 spiro atoms. The number of halogens is 2. The average Bonchev–Trinajstić information content (AvgIpc) is 3.06. The standard InChI is InChI=1S/C33H39Cl2N3O7S/c1-22(33(40)36-25-11-6-5-7-12-25)37(20-23-10-8-9-13-27(23)35)32(39)21-38(28-18-24(34)14-16-29(28)43-2)46(41,42)26-15-17-30(44-3)31(19-26)45-4/h8-10,13-19,22,25H,5-7,11-12,20-21H2,1-4H3,(H,36,40)/t22-/m1/s1. The molecule has 13 heteroatoms. The van der Waals surface area contributed by atoms with E-state index in [0.29, 0.717) is 16.3 Å². The van der Waals surface area contributed by atoms with Crippen LogP contribution in [-0.4, -0.2) is 65.1 Å². The quantitative estimate of drug-likeness (QED) is 0.231. The van der Waals surface area contributed by atoms with E-state index < -0.39 is 28.5 Å². The maximum atomic E-state index is 14.4. The Hall–Kier alpha value is -3.67. The van der Waals surface area contributed by atoms with Crippen LogP contribution in [-0.2, 0) is 26.2 Å². The Bertz CT molecular complexity index is 1650. The van der Waals surface area contributed by atoms with Gasteiger partial charge >= 0.3 is 0 Å². The number of carbonyl (C=O) groups excluding carboxylic acids is 2. The van der Waals surface area contributed by atoms with Gasteiger partial charge in [-0.15, -0.1) is 0 Å². The third-order valence-electron chi connectivity index (χ3n) is 8.05. The van der Waals surface area contributed by atoms with Gasteiger partial charge in [0.25, 0.3) is 10.0 Å². The summed E-state index contributed by atoms with van der Waals surface area (Å²) in [6.45, 7) is 0.910. The molecule has 2 amide bonds. The highest BCUT2D eigenvalue weighted by Gasteiger charge is 2.35. The molecule has 0 saturated heterocycles. The maximum Gasteiger partial charge on any atom is 0.265 e. The first kappa shape index (κ1) is 35.2. The number of hydrogen-bond donors (Lipinski definition) is 1. The summed E-state index contributed by atoms with van der Waals surface area (Å²) in [5, 5.41) is 3.72. The number of carbonyl (C=O) groups is 2. The second kappa shape index (κ2) is 15.8. The van der Waals surface area contributed by atoms with Crippen molar-refractivity contribution in [1.82, 2.24) is 10.2 Å². The van der Waals surface area contributed by atoms with Crippen LogP contribution < -0.4 is 23.8 Å². The number of nitrogens with zero attached hydrogens (tertiary/aromatic N) is 2. The van der Waals surface area contributed by atoms with Gasteiger partial charge in [-0.05, 0) is 61.7 Å². The number of rotatable bonds is 13. The lowest BCUT2D eigenvalue weighted by molar-refractivity contribution is -0.139. The van der Waals surface area contributed by atoms with E-state index in [1.54, 1.807) is 37.3 Å². The van der Waals surface area contributed by atoms with Gasteiger partial charge in [-0.3, -0.25) is 13.9 Å². The molecule has 10 nitrogen and oxygen atoms in total. The first-order valence-electron chi connectivity index (χ1n) is 14.9. The Morgan fingerprint density at radius 2 is 1.54 bits per heavy atom. The molecule has 1 atom stereocenters. The smallest absolute Gasteiger partial charge is 0.265 e. The Morgan fingerprint density at radius 3 is 2.20 bits per heavy atom. The molecule has 3 aromatic carbocycles. The van der Waals surface area contributed by atoms with Crippen molar-refractivity contribution in [3.8, 4) is 17.2 Å². The molecule has 0 unspecified atom stereocenters. The highest BCUT2D eigenvalue weighted by molar-refractivity contribution is 7.92. The molecule has 0 radical (unpaired) electrons. The van der Waals surface area contributed by atoms with Gasteiger partial charge in [-0.2, -0.15) is 0 Å². The highest BCUT2D eigenvalue weighted by Crippen LogP contribution is 2.37. The van der Waals surface area contributed by atoms with Crippen molar-refractivity contribution >= 4 is 50.7 Å². The minimum atomic E-state index is -4.45. The second-order valence-electron chi connectivity index (χ2n) is 11.0. The summed E-state index contributed by atoms with van der Waals surface area (Å²) < 4.78 is 45.8. The Balaban J connectivity index is 1.77. The summed E-state index contributed by atoms with van der Waals surface area (Å²) in [5.74, 6) is -0.296. The van der Waals surface area contributed by atoms with Crippen molar-refractivity contribution in [3.63, 3.8) is 0 Å². The summed E-state index contributed by atoms with van der Waals surface area (Å²) in [4.78, 5) is 29.1. The number of benzene rings is 3. The number of nitrogens with one attached hydrogen (secondary N) is 1. The lowest BCUT2D eigenvalue weighted by Crippen LogP contribution is -2.53. The van der Waals surface area contributed by atoms with E-state index in [1.807, 2.05) is 0 Å². The largest absolute Gasteiger partial charge is 0.495 e. The topological polar surface area (TPSA) is 114 Å².